The molecule has 0 nitrogen and oxygen atoms in total. The Morgan fingerprint density at radius 3 is 0.500 bits per heavy atom. The van der Waals surface area contributed by atoms with Gasteiger partial charge in [-0.3, -0.25) is 18.8 Å². The standard InChI is InChI=1S/Ag.B.4FH/h;;4*1H. The average molecular weight is 199 g/mol. The van der Waals surface area contributed by atoms with Gasteiger partial charge < -0.3 is 0 Å². The molecule has 0 aliphatic carbocycles. The van der Waals surface area contributed by atoms with Crippen molar-refractivity contribution in [3.8, 4) is 0 Å². The maximum atomic E-state index is 0. The molecule has 0 atom stereocenters. The van der Waals surface area contributed by atoms with Gasteiger partial charge in [-0.15, -0.1) is 0 Å². The van der Waals surface area contributed by atoms with Crippen molar-refractivity contribution < 1.29 is 41.2 Å². The molecule has 0 N–H and O–H groups in total. The summed E-state index contributed by atoms with van der Waals surface area (Å²) >= 11 is 0. The van der Waals surface area contributed by atoms with Crippen LogP contribution in [0.25, 0.3) is 0 Å². The summed E-state index contributed by atoms with van der Waals surface area (Å²) in [4.78, 5) is 0. The summed E-state index contributed by atoms with van der Waals surface area (Å²) in [5.74, 6) is 0. The van der Waals surface area contributed by atoms with E-state index in [0.717, 1.165) is 0 Å². The zero-order chi connectivity index (χ0) is 0. The first-order valence-electron chi connectivity index (χ1n) is 0. The number of hydrogen-bond donors (Lipinski definition) is 0. The van der Waals surface area contributed by atoms with Gasteiger partial charge in [0.15, 0.2) is 0 Å². The van der Waals surface area contributed by atoms with E-state index in [2.05, 4.69) is 0 Å². The van der Waals surface area contributed by atoms with E-state index >= 15 is 0 Å². The Balaban J connectivity index is 0. The molecule has 6 heteroatoms. The van der Waals surface area contributed by atoms with Crippen LogP contribution in [0.5, 0.6) is 0 Å². The minimum absolute atomic E-state index is 0. The Hall–Kier alpha value is 0.525. The van der Waals surface area contributed by atoms with Crippen LogP contribution < -0.4 is 0 Å². The van der Waals surface area contributed by atoms with Crippen molar-refractivity contribution in [2.75, 3.05) is 0 Å². The summed E-state index contributed by atoms with van der Waals surface area (Å²) in [6.45, 7) is 0. The second-order valence-electron chi connectivity index (χ2n) is 0. The van der Waals surface area contributed by atoms with Gasteiger partial charge >= 0.3 is 0 Å². The summed E-state index contributed by atoms with van der Waals surface area (Å²) < 4.78 is 0. The molecule has 6 heavy (non-hydrogen) atoms. The van der Waals surface area contributed by atoms with E-state index < -0.39 is 0 Å². The van der Waals surface area contributed by atoms with E-state index in [4.69, 9.17) is 0 Å². The van der Waals surface area contributed by atoms with E-state index in [0.29, 0.717) is 0 Å². The van der Waals surface area contributed by atoms with Gasteiger partial charge in [0.05, 0.1) is 0 Å². The van der Waals surface area contributed by atoms with Crippen LogP contribution in [0.15, 0.2) is 0 Å². The summed E-state index contributed by atoms with van der Waals surface area (Å²) in [5.41, 5.74) is 0. The van der Waals surface area contributed by atoms with Crippen molar-refractivity contribution in [2.45, 2.75) is 0 Å². The first kappa shape index (κ1) is 722. The molecule has 0 amide bonds. The van der Waals surface area contributed by atoms with Crippen molar-refractivity contribution >= 4 is 8.41 Å². The normalized spacial score (nSPS) is 0. The number of rotatable bonds is 0. The second-order valence-corrected chi connectivity index (χ2v) is 0. The van der Waals surface area contributed by atoms with Crippen molar-refractivity contribution in [3.05, 3.63) is 0 Å². The summed E-state index contributed by atoms with van der Waals surface area (Å²) in [6, 6.07) is 0. The Labute approximate surface area is 50.2 Å². The number of hydrogen-bond acceptors (Lipinski definition) is 0. The maximum Gasteiger partial charge on any atom is 0 e. The van der Waals surface area contributed by atoms with Gasteiger partial charge in [0.1, 0.15) is 0 Å². The molecular formula is H4AgBF4. The van der Waals surface area contributed by atoms with Crippen LogP contribution in [-0.4, -0.2) is 8.41 Å². The molecule has 0 saturated heterocycles. The molecule has 0 aliphatic heterocycles. The molecule has 0 aromatic rings. The van der Waals surface area contributed by atoms with Gasteiger partial charge in [0.25, 0.3) is 0 Å². The van der Waals surface area contributed by atoms with Crippen molar-refractivity contribution in [2.24, 2.45) is 0 Å². The van der Waals surface area contributed by atoms with Crippen molar-refractivity contribution in [3.63, 3.8) is 0 Å². The summed E-state index contributed by atoms with van der Waals surface area (Å²) in [6.07, 6.45) is 0. The smallest absolute Gasteiger partial charge is 0 e. The third-order valence-electron chi connectivity index (χ3n) is 0. The fourth-order valence-corrected chi connectivity index (χ4v) is 0. The fourth-order valence-electron chi connectivity index (χ4n) is 0. The molecule has 4 radical (unpaired) electrons. The van der Waals surface area contributed by atoms with Gasteiger partial charge in [-0.2, -0.15) is 0 Å². The van der Waals surface area contributed by atoms with E-state index in [9.17, 15) is 0 Å². The molecule has 0 spiro atoms. The van der Waals surface area contributed by atoms with Crippen LogP contribution in [0.2, 0.25) is 0 Å². The predicted molar refractivity (Wildman–Crippen MR) is 15.8 cm³/mol. The minimum Gasteiger partial charge on any atom is -0.269 e. The summed E-state index contributed by atoms with van der Waals surface area (Å²) in [7, 11) is 0. The van der Waals surface area contributed by atoms with Crippen LogP contribution in [0, 0.1) is 0 Å². The second kappa shape index (κ2) is 410. The Kier molecular flexibility index (Phi) is 49400. The molecule has 0 aromatic heterocycles. The Morgan fingerprint density at radius 1 is 0.500 bits per heavy atom. The monoisotopic (exact) mass is 198 g/mol. The molecule has 0 bridgehead atoms. The van der Waals surface area contributed by atoms with Gasteiger partial charge in [0, 0.05) is 30.8 Å². The Bertz CT molecular complexity index is 7.51. The predicted octanol–water partition coefficient (Wildman–Crippen LogP) is 0.227. The van der Waals surface area contributed by atoms with Gasteiger partial charge in [-0.25, -0.2) is 0 Å². The largest absolute Gasteiger partial charge is 0.269 e. The molecule has 0 fully saturated rings. The zero-order valence-corrected chi connectivity index (χ0v) is 3.99. The van der Waals surface area contributed by atoms with Crippen molar-refractivity contribution in [1.29, 1.82) is 0 Å². The van der Waals surface area contributed by atoms with Gasteiger partial charge in [0.2, 0.25) is 0 Å². The molecular weight excluding hydrogens is 195 g/mol. The third-order valence-corrected chi connectivity index (χ3v) is 0. The van der Waals surface area contributed by atoms with Crippen LogP contribution in [0.4, 0.5) is 18.8 Å². The molecule has 0 unspecified atom stereocenters. The van der Waals surface area contributed by atoms with Crippen LogP contribution in [-0.2, 0) is 22.4 Å². The average Bonchev–Trinajstić information content (AvgIpc) is 0. The molecule has 0 rings (SSSR count). The topological polar surface area (TPSA) is 0 Å². The summed E-state index contributed by atoms with van der Waals surface area (Å²) in [5, 5.41) is 0. The molecule has 0 aliphatic rings. The van der Waals surface area contributed by atoms with Crippen LogP contribution >= 0.6 is 0 Å². The van der Waals surface area contributed by atoms with E-state index in [-0.39, 0.29) is 49.6 Å². The SMILES string of the molecule is F.F.F.F.[Ag].[B]. The molecule has 0 heterocycles. The van der Waals surface area contributed by atoms with E-state index in [1.807, 2.05) is 0 Å². The quantitative estimate of drug-likeness (QED) is 0.386. The van der Waals surface area contributed by atoms with E-state index in [1.165, 1.54) is 0 Å². The maximum absolute atomic E-state index is 0. The number of halogens is 4. The minimum atomic E-state index is 0. The van der Waals surface area contributed by atoms with Crippen molar-refractivity contribution in [1.82, 2.24) is 0 Å². The first-order chi connectivity index (χ1) is 0. The third kappa shape index (κ3) is 204. The van der Waals surface area contributed by atoms with Crippen LogP contribution in [0.3, 0.4) is 0 Å². The first-order valence-corrected chi connectivity index (χ1v) is 0. The molecule has 46 valence electrons. The van der Waals surface area contributed by atoms with Gasteiger partial charge in [-0.05, 0) is 0 Å². The molecule has 0 saturated carbocycles. The zero-order valence-electron chi connectivity index (χ0n) is 2.51. The van der Waals surface area contributed by atoms with E-state index in [1.54, 1.807) is 0 Å². The Morgan fingerprint density at radius 2 is 0.500 bits per heavy atom. The molecule has 0 aromatic carbocycles. The van der Waals surface area contributed by atoms with Crippen LogP contribution in [0.1, 0.15) is 0 Å². The fraction of sp³-hybridized carbons (Fsp3) is 0. The van der Waals surface area contributed by atoms with Gasteiger partial charge in [-0.1, -0.05) is 0 Å².